The van der Waals surface area contributed by atoms with Crippen LogP contribution in [-0.2, 0) is 18.8 Å². The third-order valence-corrected chi connectivity index (χ3v) is 13.1. The molecule has 0 aromatic heterocycles. The minimum absolute atomic E-state index is 0.0142. The second-order valence-corrected chi connectivity index (χ2v) is 17.4. The summed E-state index contributed by atoms with van der Waals surface area (Å²) < 4.78 is 11.6. The van der Waals surface area contributed by atoms with Crippen LogP contribution in [0.1, 0.15) is 98.8 Å². The molecule has 2 aliphatic carbocycles. The molecule has 0 aliphatic heterocycles. The van der Waals surface area contributed by atoms with Crippen molar-refractivity contribution in [2.24, 2.45) is 23.7 Å². The van der Waals surface area contributed by atoms with Gasteiger partial charge in [0.25, 0.3) is 0 Å². The van der Waals surface area contributed by atoms with Crippen molar-refractivity contribution >= 4 is 20.1 Å². The molecule has 1 fully saturated rings. The molecule has 2 rings (SSSR count). The lowest BCUT2D eigenvalue weighted by atomic mass is 9.88. The summed E-state index contributed by atoms with van der Waals surface area (Å²) in [4.78, 5) is 24.3. The monoisotopic (exact) mass is 504 g/mol. The standard InChI is InChI=1S/C30H52O4Si/c1-9-10-13-22(2)18-25(34-35(7,8)30(3,4)5)16-17-26-27-20-23(19-24(27)21-28(26)31)14-11-12-15-29(32)33-6/h16-17,19,22,24-27H,9-15,18,20-21H2,1-8H3/b17-16+/t22-,24-,25+,26+,27-/m0/s1. The summed E-state index contributed by atoms with van der Waals surface area (Å²) in [5.74, 6) is 1.68. The molecule has 35 heavy (non-hydrogen) atoms. The first-order valence-electron chi connectivity index (χ1n) is 14.0. The molecule has 5 heteroatoms. The smallest absolute Gasteiger partial charge is 0.305 e. The summed E-state index contributed by atoms with van der Waals surface area (Å²) in [5, 5.41) is 0.165. The van der Waals surface area contributed by atoms with E-state index in [0.717, 1.165) is 32.1 Å². The van der Waals surface area contributed by atoms with Gasteiger partial charge in [0.15, 0.2) is 8.32 Å². The maximum absolute atomic E-state index is 12.9. The molecule has 2 aliphatic rings. The van der Waals surface area contributed by atoms with Crippen molar-refractivity contribution in [2.75, 3.05) is 7.11 Å². The molecule has 0 heterocycles. The number of allylic oxidation sites excluding steroid dienone is 3. The molecule has 200 valence electrons. The fourth-order valence-corrected chi connectivity index (χ4v) is 6.64. The van der Waals surface area contributed by atoms with Crippen LogP contribution in [0.15, 0.2) is 23.8 Å². The Morgan fingerprint density at radius 3 is 2.54 bits per heavy atom. The van der Waals surface area contributed by atoms with E-state index in [0.29, 0.717) is 36.4 Å². The number of methoxy groups -OCH3 is 1. The van der Waals surface area contributed by atoms with Crippen molar-refractivity contribution < 1.29 is 18.8 Å². The summed E-state index contributed by atoms with van der Waals surface area (Å²) in [6.07, 6.45) is 16.8. The number of carbonyl (C=O) groups excluding carboxylic acids is 2. The van der Waals surface area contributed by atoms with E-state index in [1.54, 1.807) is 0 Å². The van der Waals surface area contributed by atoms with E-state index < -0.39 is 8.32 Å². The summed E-state index contributed by atoms with van der Waals surface area (Å²) in [5.41, 5.74) is 1.47. The Kier molecular flexibility index (Phi) is 11.5. The first-order chi connectivity index (χ1) is 16.4. The Hall–Kier alpha value is -1.20. The van der Waals surface area contributed by atoms with Gasteiger partial charge in [-0.15, -0.1) is 0 Å². The molecular formula is C30H52O4Si. The van der Waals surface area contributed by atoms with Gasteiger partial charge in [-0.25, -0.2) is 0 Å². The van der Waals surface area contributed by atoms with Gasteiger partial charge in [0.05, 0.1) is 13.2 Å². The summed E-state index contributed by atoms with van der Waals surface area (Å²) in [7, 11) is -0.460. The van der Waals surface area contributed by atoms with Crippen molar-refractivity contribution in [1.82, 2.24) is 0 Å². The van der Waals surface area contributed by atoms with Crippen LogP contribution in [0.2, 0.25) is 18.1 Å². The molecular weight excluding hydrogens is 452 g/mol. The molecule has 0 saturated heterocycles. The van der Waals surface area contributed by atoms with E-state index in [1.165, 1.54) is 31.9 Å². The maximum atomic E-state index is 12.9. The van der Waals surface area contributed by atoms with Crippen LogP contribution in [-0.4, -0.2) is 33.3 Å². The van der Waals surface area contributed by atoms with Gasteiger partial charge in [-0.1, -0.05) is 77.7 Å². The van der Waals surface area contributed by atoms with Crippen LogP contribution >= 0.6 is 0 Å². The molecule has 0 aromatic carbocycles. The average Bonchev–Trinajstić information content (AvgIpc) is 3.28. The van der Waals surface area contributed by atoms with Gasteiger partial charge in [-0.05, 0) is 68.0 Å². The topological polar surface area (TPSA) is 52.6 Å². The second kappa shape index (κ2) is 13.4. The predicted octanol–water partition coefficient (Wildman–Crippen LogP) is 8.03. The molecule has 0 bridgehead atoms. The second-order valence-electron chi connectivity index (χ2n) is 12.6. The number of ether oxygens (including phenoxy) is 1. The van der Waals surface area contributed by atoms with E-state index in [9.17, 15) is 9.59 Å². The number of Topliss-reactive ketones (excluding diaryl/α,β-unsaturated/α-hetero) is 1. The van der Waals surface area contributed by atoms with Crippen molar-refractivity contribution in [3.8, 4) is 0 Å². The number of ketones is 1. The summed E-state index contributed by atoms with van der Waals surface area (Å²) in [6.45, 7) is 16.1. The lowest BCUT2D eigenvalue weighted by molar-refractivity contribution is -0.140. The fraction of sp³-hybridized carbons (Fsp3) is 0.800. The third-order valence-electron chi connectivity index (χ3n) is 8.59. The van der Waals surface area contributed by atoms with Crippen LogP contribution in [0.25, 0.3) is 0 Å². The predicted molar refractivity (Wildman–Crippen MR) is 148 cm³/mol. The Balaban J connectivity index is 2.02. The van der Waals surface area contributed by atoms with Gasteiger partial charge in [0.1, 0.15) is 5.78 Å². The van der Waals surface area contributed by atoms with Crippen molar-refractivity contribution in [3.05, 3.63) is 23.8 Å². The average molecular weight is 505 g/mol. The number of carbonyl (C=O) groups is 2. The maximum Gasteiger partial charge on any atom is 0.305 e. The first kappa shape index (κ1) is 30.0. The van der Waals surface area contributed by atoms with Gasteiger partial charge < -0.3 is 9.16 Å². The van der Waals surface area contributed by atoms with Gasteiger partial charge in [0.2, 0.25) is 0 Å². The minimum Gasteiger partial charge on any atom is -0.469 e. The van der Waals surface area contributed by atoms with E-state index >= 15 is 0 Å². The largest absolute Gasteiger partial charge is 0.469 e. The van der Waals surface area contributed by atoms with Crippen molar-refractivity contribution in [2.45, 2.75) is 123 Å². The van der Waals surface area contributed by atoms with E-state index in [2.05, 4.69) is 65.9 Å². The fourth-order valence-electron chi connectivity index (χ4n) is 5.35. The first-order valence-corrected chi connectivity index (χ1v) is 16.9. The van der Waals surface area contributed by atoms with E-state index in [-0.39, 0.29) is 23.0 Å². The lowest BCUT2D eigenvalue weighted by Crippen LogP contribution is -2.43. The highest BCUT2D eigenvalue weighted by atomic mass is 28.4. The number of rotatable bonds is 14. The van der Waals surface area contributed by atoms with Gasteiger partial charge in [-0.3, -0.25) is 9.59 Å². The Morgan fingerprint density at radius 2 is 1.91 bits per heavy atom. The van der Waals surface area contributed by atoms with Crippen molar-refractivity contribution in [1.29, 1.82) is 0 Å². The van der Waals surface area contributed by atoms with E-state index in [1.807, 2.05) is 0 Å². The number of esters is 1. The zero-order valence-electron chi connectivity index (χ0n) is 23.8. The molecule has 0 radical (unpaired) electrons. The molecule has 1 saturated carbocycles. The number of fused-ring (bicyclic) bond motifs is 1. The molecule has 0 unspecified atom stereocenters. The van der Waals surface area contributed by atoms with Crippen LogP contribution < -0.4 is 0 Å². The Labute approximate surface area is 216 Å². The minimum atomic E-state index is -1.91. The Bertz CT molecular complexity index is 761. The highest BCUT2D eigenvalue weighted by Crippen LogP contribution is 2.46. The van der Waals surface area contributed by atoms with E-state index in [4.69, 9.17) is 9.16 Å². The number of unbranched alkanes of at least 4 members (excludes halogenated alkanes) is 2. The molecule has 0 amide bonds. The molecule has 0 aromatic rings. The van der Waals surface area contributed by atoms with Crippen LogP contribution in [0.3, 0.4) is 0 Å². The zero-order valence-corrected chi connectivity index (χ0v) is 24.8. The number of hydrogen-bond donors (Lipinski definition) is 0. The zero-order chi connectivity index (χ0) is 26.2. The van der Waals surface area contributed by atoms with Gasteiger partial charge in [-0.2, -0.15) is 0 Å². The molecule has 5 atom stereocenters. The molecule has 0 N–H and O–H groups in total. The third kappa shape index (κ3) is 9.00. The highest BCUT2D eigenvalue weighted by molar-refractivity contribution is 6.74. The highest BCUT2D eigenvalue weighted by Gasteiger charge is 2.43. The Morgan fingerprint density at radius 1 is 1.20 bits per heavy atom. The van der Waals surface area contributed by atoms with Crippen LogP contribution in [0.4, 0.5) is 0 Å². The quantitative estimate of drug-likeness (QED) is 0.104. The van der Waals surface area contributed by atoms with Crippen LogP contribution in [0, 0.1) is 23.7 Å². The van der Waals surface area contributed by atoms with Crippen molar-refractivity contribution in [3.63, 3.8) is 0 Å². The number of hydrogen-bond acceptors (Lipinski definition) is 4. The van der Waals surface area contributed by atoms with Gasteiger partial charge >= 0.3 is 5.97 Å². The summed E-state index contributed by atoms with van der Waals surface area (Å²) >= 11 is 0. The van der Waals surface area contributed by atoms with Crippen LogP contribution in [0.5, 0.6) is 0 Å². The summed E-state index contributed by atoms with van der Waals surface area (Å²) in [6, 6.07) is 0. The van der Waals surface area contributed by atoms with Gasteiger partial charge in [0, 0.05) is 18.8 Å². The lowest BCUT2D eigenvalue weighted by Gasteiger charge is -2.39. The SMILES string of the molecule is CCCC[C@H](C)C[C@@H](/C=C/[C@H]1C(=O)C[C@@H]2C=C(CCCCC(=O)OC)C[C@@H]21)O[Si](C)(C)C(C)(C)C. The normalized spacial score (nSPS) is 24.5. The molecule has 0 spiro atoms. The molecule has 4 nitrogen and oxygen atoms in total.